The van der Waals surface area contributed by atoms with Crippen LogP contribution in [0.1, 0.15) is 31.7 Å². The number of carboxylic acids is 1. The lowest BCUT2D eigenvalue weighted by Gasteiger charge is -2.03. The molecule has 2 rings (SSSR count). The zero-order chi connectivity index (χ0) is 13.0. The molecule has 0 spiro atoms. The van der Waals surface area contributed by atoms with Gasteiger partial charge in [-0.1, -0.05) is 12.1 Å². The summed E-state index contributed by atoms with van der Waals surface area (Å²) in [4.78, 5) is 10.4. The SMILES string of the molecule is C/C(=C\CCCC(=O)O)c1ccc2c(c1)OCO2. The number of hydrogen-bond acceptors (Lipinski definition) is 3. The van der Waals surface area contributed by atoms with Crippen LogP contribution in [0, 0.1) is 0 Å². The van der Waals surface area contributed by atoms with Crippen LogP contribution in [0.25, 0.3) is 5.57 Å². The van der Waals surface area contributed by atoms with Gasteiger partial charge in [0, 0.05) is 6.42 Å². The lowest BCUT2D eigenvalue weighted by atomic mass is 10.0. The van der Waals surface area contributed by atoms with Gasteiger partial charge in [0.05, 0.1) is 0 Å². The minimum atomic E-state index is -0.746. The molecule has 0 aliphatic carbocycles. The van der Waals surface area contributed by atoms with Crippen LogP contribution in [0.2, 0.25) is 0 Å². The van der Waals surface area contributed by atoms with E-state index in [1.165, 1.54) is 0 Å². The molecule has 0 radical (unpaired) electrons. The van der Waals surface area contributed by atoms with E-state index in [1.54, 1.807) is 0 Å². The van der Waals surface area contributed by atoms with Crippen molar-refractivity contribution < 1.29 is 19.4 Å². The molecule has 1 aliphatic heterocycles. The number of allylic oxidation sites excluding steroid dienone is 2. The van der Waals surface area contributed by atoms with Crippen molar-refractivity contribution in [3.63, 3.8) is 0 Å². The molecule has 0 aromatic heterocycles. The van der Waals surface area contributed by atoms with Gasteiger partial charge in [0.2, 0.25) is 6.79 Å². The fourth-order valence-electron chi connectivity index (χ4n) is 1.83. The van der Waals surface area contributed by atoms with Crippen molar-refractivity contribution >= 4 is 11.5 Å². The molecule has 0 amide bonds. The third-order valence-corrected chi connectivity index (χ3v) is 2.87. The number of unbranched alkanes of at least 4 members (excludes halogenated alkanes) is 1. The topological polar surface area (TPSA) is 55.8 Å². The normalized spacial score (nSPS) is 13.7. The highest BCUT2D eigenvalue weighted by Gasteiger charge is 2.13. The van der Waals surface area contributed by atoms with Gasteiger partial charge in [-0.15, -0.1) is 0 Å². The average Bonchev–Trinajstić information content (AvgIpc) is 2.81. The molecule has 0 fully saturated rings. The van der Waals surface area contributed by atoms with Gasteiger partial charge in [-0.3, -0.25) is 4.79 Å². The van der Waals surface area contributed by atoms with Gasteiger partial charge >= 0.3 is 5.97 Å². The summed E-state index contributed by atoms with van der Waals surface area (Å²) < 4.78 is 10.6. The maximum atomic E-state index is 10.4. The van der Waals surface area contributed by atoms with E-state index in [1.807, 2.05) is 25.1 Å². The Hall–Kier alpha value is -1.97. The number of ether oxygens (including phenoxy) is 2. The van der Waals surface area contributed by atoms with Gasteiger partial charge < -0.3 is 14.6 Å². The van der Waals surface area contributed by atoms with Crippen molar-refractivity contribution in [2.45, 2.75) is 26.2 Å². The molecule has 0 saturated carbocycles. The molecule has 4 nitrogen and oxygen atoms in total. The smallest absolute Gasteiger partial charge is 0.303 e. The monoisotopic (exact) mass is 248 g/mol. The third kappa shape index (κ3) is 3.03. The van der Waals surface area contributed by atoms with Crippen LogP contribution < -0.4 is 9.47 Å². The summed E-state index contributed by atoms with van der Waals surface area (Å²) in [7, 11) is 0. The van der Waals surface area contributed by atoms with Crippen LogP contribution in [-0.2, 0) is 4.79 Å². The lowest BCUT2D eigenvalue weighted by molar-refractivity contribution is -0.137. The molecular formula is C14H16O4. The Kier molecular flexibility index (Phi) is 3.87. The number of aliphatic carboxylic acids is 1. The summed E-state index contributed by atoms with van der Waals surface area (Å²) in [5, 5.41) is 8.55. The third-order valence-electron chi connectivity index (χ3n) is 2.87. The molecule has 18 heavy (non-hydrogen) atoms. The first-order valence-electron chi connectivity index (χ1n) is 5.95. The van der Waals surface area contributed by atoms with Gasteiger partial charge in [-0.2, -0.15) is 0 Å². The minimum absolute atomic E-state index is 0.213. The van der Waals surface area contributed by atoms with Crippen LogP contribution in [0.5, 0.6) is 11.5 Å². The Morgan fingerprint density at radius 3 is 2.94 bits per heavy atom. The second kappa shape index (κ2) is 5.58. The Bertz CT molecular complexity index is 477. The molecule has 1 aliphatic rings. The summed E-state index contributed by atoms with van der Waals surface area (Å²) in [6, 6.07) is 5.83. The highest BCUT2D eigenvalue weighted by atomic mass is 16.7. The summed E-state index contributed by atoms with van der Waals surface area (Å²) in [6.07, 6.45) is 3.70. The van der Waals surface area contributed by atoms with E-state index in [0.717, 1.165) is 29.1 Å². The van der Waals surface area contributed by atoms with Gasteiger partial charge in [-0.05, 0) is 43.0 Å². The zero-order valence-electron chi connectivity index (χ0n) is 10.3. The molecule has 0 unspecified atom stereocenters. The number of carbonyl (C=O) groups is 1. The minimum Gasteiger partial charge on any atom is -0.481 e. The van der Waals surface area contributed by atoms with Crippen molar-refractivity contribution in [2.75, 3.05) is 6.79 Å². The first-order valence-corrected chi connectivity index (χ1v) is 5.95. The van der Waals surface area contributed by atoms with Gasteiger partial charge in [0.15, 0.2) is 11.5 Å². The Balaban J connectivity index is 1.98. The molecule has 0 saturated heterocycles. The fourth-order valence-corrected chi connectivity index (χ4v) is 1.83. The number of hydrogen-bond donors (Lipinski definition) is 1. The van der Waals surface area contributed by atoms with Crippen LogP contribution in [0.15, 0.2) is 24.3 Å². The van der Waals surface area contributed by atoms with Gasteiger partial charge in [0.1, 0.15) is 0 Å². The molecule has 1 aromatic rings. The Morgan fingerprint density at radius 1 is 1.39 bits per heavy atom. The summed E-state index contributed by atoms with van der Waals surface area (Å²) in [5.41, 5.74) is 2.20. The van der Waals surface area contributed by atoms with Crippen LogP contribution in [-0.4, -0.2) is 17.9 Å². The van der Waals surface area contributed by atoms with Gasteiger partial charge in [0.25, 0.3) is 0 Å². The second-order valence-corrected chi connectivity index (χ2v) is 4.24. The fraction of sp³-hybridized carbons (Fsp3) is 0.357. The van der Waals surface area contributed by atoms with E-state index in [4.69, 9.17) is 14.6 Å². The van der Waals surface area contributed by atoms with E-state index >= 15 is 0 Å². The molecule has 96 valence electrons. The van der Waals surface area contributed by atoms with E-state index in [2.05, 4.69) is 6.08 Å². The first kappa shape index (κ1) is 12.5. The van der Waals surface area contributed by atoms with Crippen molar-refractivity contribution in [1.82, 2.24) is 0 Å². The zero-order valence-corrected chi connectivity index (χ0v) is 10.3. The maximum absolute atomic E-state index is 10.4. The predicted molar refractivity (Wildman–Crippen MR) is 67.7 cm³/mol. The van der Waals surface area contributed by atoms with E-state index in [-0.39, 0.29) is 13.2 Å². The number of fused-ring (bicyclic) bond motifs is 1. The summed E-state index contributed by atoms with van der Waals surface area (Å²) >= 11 is 0. The van der Waals surface area contributed by atoms with Crippen LogP contribution in [0.4, 0.5) is 0 Å². The van der Waals surface area contributed by atoms with Crippen molar-refractivity contribution in [2.24, 2.45) is 0 Å². The van der Waals surface area contributed by atoms with Crippen LogP contribution >= 0.6 is 0 Å². The summed E-state index contributed by atoms with van der Waals surface area (Å²) in [5.74, 6) is 0.798. The molecule has 1 aromatic carbocycles. The standard InChI is InChI=1S/C14H16O4/c1-10(4-2-3-5-14(15)16)11-6-7-12-13(8-11)18-9-17-12/h4,6-8H,2-3,5,9H2,1H3,(H,15,16)/b10-4+. The Morgan fingerprint density at radius 2 is 2.17 bits per heavy atom. The van der Waals surface area contributed by atoms with E-state index in [0.29, 0.717) is 6.42 Å². The number of rotatable bonds is 5. The molecule has 4 heteroatoms. The van der Waals surface area contributed by atoms with Crippen molar-refractivity contribution in [3.8, 4) is 11.5 Å². The van der Waals surface area contributed by atoms with E-state index in [9.17, 15) is 4.79 Å². The quantitative estimate of drug-likeness (QED) is 0.813. The maximum Gasteiger partial charge on any atom is 0.303 e. The lowest BCUT2D eigenvalue weighted by Crippen LogP contribution is -1.93. The first-order chi connectivity index (χ1) is 8.66. The highest BCUT2D eigenvalue weighted by Crippen LogP contribution is 2.34. The highest BCUT2D eigenvalue weighted by molar-refractivity contribution is 5.68. The van der Waals surface area contributed by atoms with Crippen LogP contribution in [0.3, 0.4) is 0 Å². The number of carboxylic acid groups (broad SMARTS) is 1. The molecule has 1 N–H and O–H groups in total. The molecule has 0 atom stereocenters. The Labute approximate surface area is 106 Å². The van der Waals surface area contributed by atoms with Gasteiger partial charge in [-0.25, -0.2) is 0 Å². The van der Waals surface area contributed by atoms with E-state index < -0.39 is 5.97 Å². The second-order valence-electron chi connectivity index (χ2n) is 4.24. The molecule has 0 bridgehead atoms. The molecule has 1 heterocycles. The average molecular weight is 248 g/mol. The largest absolute Gasteiger partial charge is 0.481 e. The van der Waals surface area contributed by atoms with Crippen molar-refractivity contribution in [1.29, 1.82) is 0 Å². The summed E-state index contributed by atoms with van der Waals surface area (Å²) in [6.45, 7) is 2.29. The van der Waals surface area contributed by atoms with Crippen molar-refractivity contribution in [3.05, 3.63) is 29.8 Å². The predicted octanol–water partition coefficient (Wildman–Crippen LogP) is 3.07. The number of benzene rings is 1. The molecular weight excluding hydrogens is 232 g/mol.